The predicted molar refractivity (Wildman–Crippen MR) is 69.1 cm³/mol. The van der Waals surface area contributed by atoms with Crippen LogP contribution in [0, 0.1) is 0 Å². The van der Waals surface area contributed by atoms with E-state index in [1.807, 2.05) is 17.0 Å². The number of methoxy groups -OCH3 is 1. The molecular formula is C13H16ClNO3. The van der Waals surface area contributed by atoms with Crippen LogP contribution in [0.1, 0.15) is 18.4 Å². The number of hydrogen-bond donors (Lipinski definition) is 1. The molecule has 5 heteroatoms. The molecule has 1 aliphatic heterocycles. The standard InChI is InChI=1S/C13H16ClNO3/c1-18-10-5-4-9(11(14)7-10)8-15-6-2-3-12(15)13(16)17/h4-5,7,12H,2-3,6,8H2,1H3,(H,16,17)/t12-/m0/s1. The molecule has 0 bridgehead atoms. The Bertz CT molecular complexity index is 450. The summed E-state index contributed by atoms with van der Waals surface area (Å²) in [6.07, 6.45) is 1.63. The molecule has 1 atom stereocenters. The van der Waals surface area contributed by atoms with Crippen LogP contribution in [0.5, 0.6) is 5.75 Å². The molecule has 1 aliphatic rings. The summed E-state index contributed by atoms with van der Waals surface area (Å²) in [6, 6.07) is 5.09. The number of nitrogens with zero attached hydrogens (tertiary/aromatic N) is 1. The Labute approximate surface area is 111 Å². The van der Waals surface area contributed by atoms with Gasteiger partial charge in [-0.25, -0.2) is 0 Å². The van der Waals surface area contributed by atoms with Gasteiger partial charge in [0.2, 0.25) is 0 Å². The average molecular weight is 270 g/mol. The van der Waals surface area contributed by atoms with E-state index in [2.05, 4.69) is 0 Å². The van der Waals surface area contributed by atoms with E-state index < -0.39 is 5.97 Å². The van der Waals surface area contributed by atoms with Crippen molar-refractivity contribution in [3.63, 3.8) is 0 Å². The number of rotatable bonds is 4. The highest BCUT2D eigenvalue weighted by Crippen LogP contribution is 2.26. The molecular weight excluding hydrogens is 254 g/mol. The zero-order chi connectivity index (χ0) is 13.1. The Balaban J connectivity index is 2.11. The highest BCUT2D eigenvalue weighted by atomic mass is 35.5. The third kappa shape index (κ3) is 2.76. The minimum Gasteiger partial charge on any atom is -0.497 e. The van der Waals surface area contributed by atoms with Crippen molar-refractivity contribution in [2.45, 2.75) is 25.4 Å². The summed E-state index contributed by atoms with van der Waals surface area (Å²) in [5.41, 5.74) is 0.936. The first kappa shape index (κ1) is 13.2. The number of halogens is 1. The number of hydrogen-bond acceptors (Lipinski definition) is 3. The number of carboxylic acids is 1. The van der Waals surface area contributed by atoms with Gasteiger partial charge in [0.25, 0.3) is 0 Å². The fraction of sp³-hybridized carbons (Fsp3) is 0.462. The van der Waals surface area contributed by atoms with Gasteiger partial charge in [0, 0.05) is 11.6 Å². The molecule has 2 rings (SSSR count). The largest absolute Gasteiger partial charge is 0.497 e. The molecule has 0 aromatic heterocycles. The minimum absolute atomic E-state index is 0.386. The van der Waals surface area contributed by atoms with Crippen LogP contribution in [0.25, 0.3) is 0 Å². The molecule has 0 amide bonds. The Hall–Kier alpha value is -1.26. The van der Waals surface area contributed by atoms with Gasteiger partial charge in [-0.1, -0.05) is 17.7 Å². The molecule has 1 N–H and O–H groups in total. The van der Waals surface area contributed by atoms with Crippen LogP contribution >= 0.6 is 11.6 Å². The minimum atomic E-state index is -0.753. The van der Waals surface area contributed by atoms with Gasteiger partial charge in [-0.05, 0) is 37.1 Å². The Kier molecular flexibility index (Phi) is 4.09. The highest BCUT2D eigenvalue weighted by Gasteiger charge is 2.30. The molecule has 0 radical (unpaired) electrons. The second-order valence-corrected chi connectivity index (χ2v) is 4.83. The predicted octanol–water partition coefficient (Wildman–Crippen LogP) is 2.40. The zero-order valence-electron chi connectivity index (χ0n) is 10.2. The topological polar surface area (TPSA) is 49.8 Å². The summed E-state index contributed by atoms with van der Waals surface area (Å²) in [7, 11) is 1.59. The van der Waals surface area contributed by atoms with Gasteiger partial charge in [-0.3, -0.25) is 9.69 Å². The van der Waals surface area contributed by atoms with Crippen molar-refractivity contribution in [2.75, 3.05) is 13.7 Å². The van der Waals surface area contributed by atoms with Crippen LogP contribution in [-0.4, -0.2) is 35.7 Å². The summed E-state index contributed by atoms with van der Waals surface area (Å²) < 4.78 is 5.09. The van der Waals surface area contributed by atoms with Crippen molar-refractivity contribution >= 4 is 17.6 Å². The van der Waals surface area contributed by atoms with E-state index in [9.17, 15) is 4.79 Å². The SMILES string of the molecule is COc1ccc(CN2CCC[C@H]2C(=O)O)c(Cl)c1. The van der Waals surface area contributed by atoms with Crippen molar-refractivity contribution in [1.29, 1.82) is 0 Å². The van der Waals surface area contributed by atoms with Crippen molar-refractivity contribution in [2.24, 2.45) is 0 Å². The quantitative estimate of drug-likeness (QED) is 0.912. The lowest BCUT2D eigenvalue weighted by atomic mass is 10.1. The molecule has 0 saturated carbocycles. The number of likely N-dealkylation sites (tertiary alicyclic amines) is 1. The molecule has 18 heavy (non-hydrogen) atoms. The fourth-order valence-corrected chi connectivity index (χ4v) is 2.53. The van der Waals surface area contributed by atoms with Gasteiger partial charge in [-0.2, -0.15) is 0 Å². The van der Waals surface area contributed by atoms with Gasteiger partial charge in [0.1, 0.15) is 11.8 Å². The van der Waals surface area contributed by atoms with E-state index >= 15 is 0 Å². The number of ether oxygens (including phenoxy) is 1. The monoisotopic (exact) mass is 269 g/mol. The maximum absolute atomic E-state index is 11.1. The fourth-order valence-electron chi connectivity index (χ4n) is 2.30. The van der Waals surface area contributed by atoms with Crippen molar-refractivity contribution in [1.82, 2.24) is 4.90 Å². The molecule has 1 aromatic rings. The normalized spacial score (nSPS) is 20.0. The number of aliphatic carboxylic acids is 1. The third-order valence-corrected chi connectivity index (χ3v) is 3.63. The second-order valence-electron chi connectivity index (χ2n) is 4.42. The number of carbonyl (C=O) groups is 1. The van der Waals surface area contributed by atoms with Crippen LogP contribution in [0.15, 0.2) is 18.2 Å². The average Bonchev–Trinajstić information content (AvgIpc) is 2.80. The van der Waals surface area contributed by atoms with E-state index in [1.165, 1.54) is 0 Å². The molecule has 1 heterocycles. The van der Waals surface area contributed by atoms with Gasteiger partial charge in [0.15, 0.2) is 0 Å². The molecule has 0 aliphatic carbocycles. The summed E-state index contributed by atoms with van der Waals surface area (Å²) in [4.78, 5) is 13.0. The van der Waals surface area contributed by atoms with Gasteiger partial charge >= 0.3 is 5.97 Å². The van der Waals surface area contributed by atoms with E-state index in [0.29, 0.717) is 23.7 Å². The van der Waals surface area contributed by atoms with Crippen molar-refractivity contribution in [3.8, 4) is 5.75 Å². The van der Waals surface area contributed by atoms with Crippen molar-refractivity contribution < 1.29 is 14.6 Å². The van der Waals surface area contributed by atoms with E-state index in [0.717, 1.165) is 18.5 Å². The van der Waals surface area contributed by atoms with Crippen LogP contribution in [0.2, 0.25) is 5.02 Å². The molecule has 4 nitrogen and oxygen atoms in total. The Morgan fingerprint density at radius 2 is 2.39 bits per heavy atom. The summed E-state index contributed by atoms with van der Waals surface area (Å²) in [5.74, 6) is -0.0444. The molecule has 0 unspecified atom stereocenters. The molecule has 0 spiro atoms. The lowest BCUT2D eigenvalue weighted by molar-refractivity contribution is -0.142. The maximum atomic E-state index is 11.1. The van der Waals surface area contributed by atoms with Gasteiger partial charge in [0.05, 0.1) is 7.11 Å². The maximum Gasteiger partial charge on any atom is 0.320 e. The van der Waals surface area contributed by atoms with Crippen LogP contribution < -0.4 is 4.74 Å². The lowest BCUT2D eigenvalue weighted by Gasteiger charge is -2.21. The van der Waals surface area contributed by atoms with Crippen LogP contribution in [0.4, 0.5) is 0 Å². The van der Waals surface area contributed by atoms with Crippen LogP contribution in [-0.2, 0) is 11.3 Å². The van der Waals surface area contributed by atoms with E-state index in [4.69, 9.17) is 21.4 Å². The zero-order valence-corrected chi connectivity index (χ0v) is 11.0. The number of benzene rings is 1. The molecule has 1 saturated heterocycles. The Morgan fingerprint density at radius 3 is 3.00 bits per heavy atom. The third-order valence-electron chi connectivity index (χ3n) is 3.28. The first-order valence-corrected chi connectivity index (χ1v) is 6.29. The molecule has 98 valence electrons. The van der Waals surface area contributed by atoms with Gasteiger partial charge < -0.3 is 9.84 Å². The van der Waals surface area contributed by atoms with Gasteiger partial charge in [-0.15, -0.1) is 0 Å². The molecule has 1 aromatic carbocycles. The summed E-state index contributed by atoms with van der Waals surface area (Å²) in [6.45, 7) is 1.37. The first-order chi connectivity index (χ1) is 8.61. The smallest absolute Gasteiger partial charge is 0.320 e. The number of carboxylic acid groups (broad SMARTS) is 1. The summed E-state index contributed by atoms with van der Waals surface area (Å²) in [5, 5.41) is 9.73. The first-order valence-electron chi connectivity index (χ1n) is 5.91. The van der Waals surface area contributed by atoms with E-state index in [-0.39, 0.29) is 6.04 Å². The second kappa shape index (κ2) is 5.59. The Morgan fingerprint density at radius 1 is 1.61 bits per heavy atom. The highest BCUT2D eigenvalue weighted by molar-refractivity contribution is 6.31. The molecule has 1 fully saturated rings. The van der Waals surface area contributed by atoms with E-state index in [1.54, 1.807) is 13.2 Å². The summed E-state index contributed by atoms with van der Waals surface area (Å²) >= 11 is 6.16. The van der Waals surface area contributed by atoms with Crippen molar-refractivity contribution in [3.05, 3.63) is 28.8 Å². The lowest BCUT2D eigenvalue weighted by Crippen LogP contribution is -2.35. The van der Waals surface area contributed by atoms with Crippen LogP contribution in [0.3, 0.4) is 0 Å².